The Bertz CT molecular complexity index is 1460. The summed E-state index contributed by atoms with van der Waals surface area (Å²) in [5.41, 5.74) is 0. The first-order valence-corrected chi connectivity index (χ1v) is 28.0. The second-order valence-electron chi connectivity index (χ2n) is 17.3. The number of rotatable bonds is 48. The maximum atomic E-state index is 12.9. The molecule has 2 N–H and O–H groups in total. The van der Waals surface area contributed by atoms with Crippen molar-refractivity contribution in [3.8, 4) is 0 Å². The third-order valence-corrected chi connectivity index (χ3v) is 11.7. The van der Waals surface area contributed by atoms with Crippen molar-refractivity contribution < 1.29 is 52.2 Å². The van der Waals surface area contributed by atoms with E-state index in [9.17, 15) is 28.9 Å². The highest BCUT2D eigenvalue weighted by molar-refractivity contribution is 7.47. The largest absolute Gasteiger partial charge is 0.472 e. The lowest BCUT2D eigenvalue weighted by Gasteiger charge is -2.21. The predicted molar refractivity (Wildman–Crippen MR) is 279 cm³/mol. The molecule has 0 aromatic carbocycles. The van der Waals surface area contributed by atoms with Crippen LogP contribution in [-0.2, 0) is 42.2 Å². The number of unbranched alkanes of at least 4 members (excludes halogenated alkanes) is 17. The van der Waals surface area contributed by atoms with Crippen LogP contribution in [0.4, 0.5) is 0 Å². The van der Waals surface area contributed by atoms with Gasteiger partial charge < -0.3 is 24.2 Å². The molecule has 390 valence electrons. The van der Waals surface area contributed by atoms with E-state index in [1.807, 2.05) is 0 Å². The second-order valence-corrected chi connectivity index (χ2v) is 18.7. The van der Waals surface area contributed by atoms with Gasteiger partial charge in [-0.05, 0) is 103 Å². The summed E-state index contributed by atoms with van der Waals surface area (Å²) in [6.45, 7) is 4.31. The fourth-order valence-electron chi connectivity index (χ4n) is 6.78. The Kier molecular flexibility index (Phi) is 47.6. The minimum atomic E-state index is -4.76. The van der Waals surface area contributed by atoms with Crippen molar-refractivity contribution >= 4 is 25.7 Å². The van der Waals surface area contributed by atoms with E-state index in [0.29, 0.717) is 19.3 Å². The zero-order valence-corrected chi connectivity index (χ0v) is 43.7. The van der Waals surface area contributed by atoms with Gasteiger partial charge in [0, 0.05) is 19.3 Å². The van der Waals surface area contributed by atoms with Gasteiger partial charge in [-0.3, -0.25) is 23.4 Å². The summed E-state index contributed by atoms with van der Waals surface area (Å²) < 4.78 is 39.3. The number of aliphatic hydroxyl groups is 1. The number of aliphatic hydroxyl groups excluding tert-OH is 1. The third kappa shape index (κ3) is 47.7. The van der Waals surface area contributed by atoms with Crippen LogP contribution < -0.4 is 0 Å². The molecule has 0 rings (SSSR count). The lowest BCUT2D eigenvalue weighted by Crippen LogP contribution is -2.30. The molecule has 0 aliphatic carbocycles. The molecule has 0 amide bonds. The average molecular weight is 975 g/mol. The Balaban J connectivity index is 4.76. The van der Waals surface area contributed by atoms with E-state index in [4.69, 9.17) is 23.3 Å². The number of phosphoric acid groups is 1. The summed E-state index contributed by atoms with van der Waals surface area (Å²) in [4.78, 5) is 48.3. The summed E-state index contributed by atoms with van der Waals surface area (Å²) in [6.07, 6.45) is 55.5. The van der Waals surface area contributed by atoms with Gasteiger partial charge >= 0.3 is 25.7 Å². The quantitative estimate of drug-likeness (QED) is 0.0197. The lowest BCUT2D eigenvalue weighted by atomic mass is 10.1. The van der Waals surface area contributed by atoms with E-state index in [0.717, 1.165) is 141 Å². The van der Waals surface area contributed by atoms with Crippen LogP contribution in [0.2, 0.25) is 0 Å². The van der Waals surface area contributed by atoms with Crippen LogP contribution in [0.15, 0.2) is 85.1 Å². The number of hydrogen-bond acceptors (Lipinski definition) is 10. The van der Waals surface area contributed by atoms with Crippen molar-refractivity contribution in [2.45, 2.75) is 226 Å². The monoisotopic (exact) mass is 975 g/mol. The zero-order chi connectivity index (χ0) is 49.9. The van der Waals surface area contributed by atoms with Crippen molar-refractivity contribution in [3.05, 3.63) is 85.1 Å². The Morgan fingerprint density at radius 1 is 0.426 bits per heavy atom. The van der Waals surface area contributed by atoms with Gasteiger partial charge in [0.2, 0.25) is 0 Å². The minimum Gasteiger partial charge on any atom is -0.462 e. The van der Waals surface area contributed by atoms with Crippen LogP contribution in [0.5, 0.6) is 0 Å². The zero-order valence-electron chi connectivity index (χ0n) is 42.8. The molecule has 11 nitrogen and oxygen atoms in total. The maximum Gasteiger partial charge on any atom is 0.472 e. The van der Waals surface area contributed by atoms with Crippen LogP contribution in [0.25, 0.3) is 0 Å². The smallest absolute Gasteiger partial charge is 0.462 e. The Morgan fingerprint density at radius 2 is 0.765 bits per heavy atom. The highest BCUT2D eigenvalue weighted by Gasteiger charge is 2.28. The Morgan fingerprint density at radius 3 is 1.19 bits per heavy atom. The van der Waals surface area contributed by atoms with E-state index in [1.54, 1.807) is 0 Å². The Hall–Kier alpha value is -3.34. The first-order valence-electron chi connectivity index (χ1n) is 26.5. The maximum absolute atomic E-state index is 12.9. The predicted octanol–water partition coefficient (Wildman–Crippen LogP) is 15.1. The van der Waals surface area contributed by atoms with Gasteiger partial charge in [-0.2, -0.15) is 0 Å². The summed E-state index contributed by atoms with van der Waals surface area (Å²) >= 11 is 0. The Labute approximate surface area is 413 Å². The van der Waals surface area contributed by atoms with Gasteiger partial charge in [0.05, 0.1) is 19.8 Å². The fraction of sp³-hybridized carbons (Fsp3) is 0.696. The summed E-state index contributed by atoms with van der Waals surface area (Å²) in [5, 5.41) is 9.78. The average Bonchev–Trinajstić information content (AvgIpc) is 3.32. The number of phosphoric ester groups is 1. The molecule has 3 unspecified atom stereocenters. The van der Waals surface area contributed by atoms with Gasteiger partial charge in [-0.15, -0.1) is 0 Å². The van der Waals surface area contributed by atoms with Gasteiger partial charge in [0.1, 0.15) is 12.7 Å². The first-order chi connectivity index (χ1) is 33.2. The highest BCUT2D eigenvalue weighted by atomic mass is 31.2. The van der Waals surface area contributed by atoms with E-state index in [-0.39, 0.29) is 25.9 Å². The van der Waals surface area contributed by atoms with Crippen LogP contribution >= 0.6 is 7.82 Å². The van der Waals surface area contributed by atoms with Gasteiger partial charge in [0.25, 0.3) is 0 Å². The molecule has 0 bridgehead atoms. The van der Waals surface area contributed by atoms with Crippen molar-refractivity contribution in [3.63, 3.8) is 0 Å². The van der Waals surface area contributed by atoms with Crippen molar-refractivity contribution in [2.75, 3.05) is 26.4 Å². The van der Waals surface area contributed by atoms with Crippen LogP contribution in [0.3, 0.4) is 0 Å². The molecule has 0 fully saturated rings. The van der Waals surface area contributed by atoms with Crippen LogP contribution in [-0.4, -0.2) is 66.5 Å². The van der Waals surface area contributed by atoms with Gasteiger partial charge in [-0.1, -0.05) is 176 Å². The molecule has 0 aromatic rings. The number of allylic oxidation sites excluding steroid dienone is 14. The number of hydrogen-bond donors (Lipinski definition) is 2. The number of carbonyl (C=O) groups is 3. The van der Waals surface area contributed by atoms with Crippen molar-refractivity contribution in [2.24, 2.45) is 0 Å². The molecule has 0 aliphatic heterocycles. The molecule has 0 saturated heterocycles. The fourth-order valence-corrected chi connectivity index (χ4v) is 7.56. The second kappa shape index (κ2) is 50.1. The normalized spacial score (nSPS) is 14.1. The molecule has 68 heavy (non-hydrogen) atoms. The van der Waals surface area contributed by atoms with Gasteiger partial charge in [-0.25, -0.2) is 4.57 Å². The van der Waals surface area contributed by atoms with E-state index < -0.39 is 57.8 Å². The summed E-state index contributed by atoms with van der Waals surface area (Å²) in [7, 11) is -4.76. The third-order valence-electron chi connectivity index (χ3n) is 10.8. The van der Waals surface area contributed by atoms with E-state index in [2.05, 4.69) is 106 Å². The van der Waals surface area contributed by atoms with Crippen LogP contribution in [0.1, 0.15) is 213 Å². The molecule has 3 atom stereocenters. The number of ether oxygens (including phenoxy) is 3. The van der Waals surface area contributed by atoms with Crippen molar-refractivity contribution in [1.82, 2.24) is 0 Å². The molecular formula is C56H95O11P. The highest BCUT2D eigenvalue weighted by Crippen LogP contribution is 2.43. The number of esters is 3. The van der Waals surface area contributed by atoms with Gasteiger partial charge in [0.15, 0.2) is 6.10 Å². The summed E-state index contributed by atoms with van der Waals surface area (Å²) in [6, 6.07) is 0. The van der Waals surface area contributed by atoms with Crippen molar-refractivity contribution in [1.29, 1.82) is 0 Å². The molecule has 0 spiro atoms. The summed E-state index contributed by atoms with van der Waals surface area (Å²) in [5.74, 6) is -1.52. The molecule has 0 aromatic heterocycles. The molecule has 0 aliphatic rings. The standard InChI is InChI=1S/C56H95O11P/c1-4-7-10-13-16-19-22-24-26-28-31-34-37-40-43-46-55(59)66-52(48-57)50-64-68(61,62)65-51-53(49-63-54(58)45-42-39-36-33-30-21-18-15-12-9-6-3)67-56(60)47-44-41-38-35-32-29-27-25-23-20-17-14-11-8-5-2/h7-8,10-11,15-20,24-27,52-53,57H,4-6,9,12-14,21-23,28-51H2,1-3H3,(H,61,62)/b10-7-,11-8-,18-15-,19-16-,20-17-,26-24-,27-25-. The molecule has 0 radical (unpaired) electrons. The van der Waals surface area contributed by atoms with E-state index >= 15 is 0 Å². The lowest BCUT2D eigenvalue weighted by molar-refractivity contribution is -0.161. The molecule has 0 heterocycles. The van der Waals surface area contributed by atoms with Crippen LogP contribution in [0, 0.1) is 0 Å². The number of carbonyl (C=O) groups excluding carboxylic acids is 3. The molecule has 0 saturated carbocycles. The molecular weight excluding hydrogens is 880 g/mol. The molecule has 12 heteroatoms. The first kappa shape index (κ1) is 64.7. The topological polar surface area (TPSA) is 155 Å². The minimum absolute atomic E-state index is 0.142. The SMILES string of the molecule is CC/C=C\C/C=C\C/C=C\CCCCCCCC(=O)OC(CO)COP(=O)(O)OCC(COC(=O)CCCCCCC/C=C\CCCC)OC(=O)CCCCCCC/C=C\C/C=C\C/C=C\CC. The van der Waals surface area contributed by atoms with E-state index in [1.165, 1.54) is 12.8 Å².